The summed E-state index contributed by atoms with van der Waals surface area (Å²) < 4.78 is 72.7. The maximum atomic E-state index is 13.3. The van der Waals surface area contributed by atoms with E-state index in [-0.39, 0.29) is 21.8 Å². The number of nitrogens with one attached hydrogen (secondary N) is 1. The molecule has 156 valence electrons. The van der Waals surface area contributed by atoms with Crippen LogP contribution in [0, 0.1) is 0 Å². The summed E-state index contributed by atoms with van der Waals surface area (Å²) in [6.45, 7) is 0.508. The Kier molecular flexibility index (Phi) is 5.81. The highest BCUT2D eigenvalue weighted by Gasteiger charge is 2.37. The minimum absolute atomic E-state index is 0.00768. The third kappa shape index (κ3) is 4.50. The summed E-state index contributed by atoms with van der Waals surface area (Å²) in [5.41, 5.74) is -0.809. The Morgan fingerprint density at radius 1 is 1.17 bits per heavy atom. The van der Waals surface area contributed by atoms with Crippen molar-refractivity contribution in [3.63, 3.8) is 0 Å². The molecule has 2 aromatic carbocycles. The highest BCUT2D eigenvalue weighted by molar-refractivity contribution is 9.10. The van der Waals surface area contributed by atoms with Crippen molar-refractivity contribution >= 4 is 43.2 Å². The number of amides is 1. The highest BCUT2D eigenvalue weighted by atomic mass is 79.9. The Hall–Kier alpha value is -2.27. The summed E-state index contributed by atoms with van der Waals surface area (Å²) in [6, 6.07) is 6.98. The molecule has 6 nitrogen and oxygen atoms in total. The summed E-state index contributed by atoms with van der Waals surface area (Å²) >= 11 is 2.92. The smallest absolute Gasteiger partial charge is 0.417 e. The van der Waals surface area contributed by atoms with E-state index in [0.717, 1.165) is 6.07 Å². The zero-order chi connectivity index (χ0) is 21.4. The van der Waals surface area contributed by atoms with Crippen molar-refractivity contribution in [1.82, 2.24) is 0 Å². The Labute approximate surface area is 173 Å². The van der Waals surface area contributed by atoms with E-state index in [1.165, 1.54) is 36.3 Å². The molecule has 0 spiro atoms. The molecule has 11 heteroatoms. The van der Waals surface area contributed by atoms with Crippen LogP contribution in [0.1, 0.15) is 18.4 Å². The molecule has 0 aliphatic carbocycles. The summed E-state index contributed by atoms with van der Waals surface area (Å²) in [4.78, 5) is 12.6. The van der Waals surface area contributed by atoms with Gasteiger partial charge in [0.15, 0.2) is 0 Å². The van der Waals surface area contributed by atoms with E-state index < -0.39 is 26.7 Å². The van der Waals surface area contributed by atoms with Crippen LogP contribution in [0.3, 0.4) is 0 Å². The first-order valence-corrected chi connectivity index (χ1v) is 10.7. The van der Waals surface area contributed by atoms with E-state index in [9.17, 15) is 26.4 Å². The van der Waals surface area contributed by atoms with Crippen molar-refractivity contribution in [2.75, 3.05) is 23.3 Å². The molecule has 1 N–H and O–H groups in total. The molecule has 0 bridgehead atoms. The molecule has 1 aliphatic rings. The van der Waals surface area contributed by atoms with Crippen LogP contribution in [0.4, 0.5) is 24.5 Å². The number of carbonyl (C=O) groups excluding carboxylic acids is 1. The molecule has 0 saturated carbocycles. The van der Waals surface area contributed by atoms with Crippen LogP contribution in [0.2, 0.25) is 0 Å². The lowest BCUT2D eigenvalue weighted by Crippen LogP contribution is -2.24. The van der Waals surface area contributed by atoms with Crippen molar-refractivity contribution in [3.8, 4) is 5.75 Å². The molecule has 1 heterocycles. The average molecular weight is 493 g/mol. The number of benzene rings is 2. The number of methoxy groups -OCH3 is 1. The van der Waals surface area contributed by atoms with Gasteiger partial charge < -0.3 is 9.64 Å². The number of halogens is 4. The van der Waals surface area contributed by atoms with E-state index in [1.807, 2.05) is 0 Å². The molecule has 29 heavy (non-hydrogen) atoms. The molecule has 0 atom stereocenters. The van der Waals surface area contributed by atoms with Crippen LogP contribution in [0.15, 0.2) is 45.8 Å². The number of sulfonamides is 1. The topological polar surface area (TPSA) is 75.7 Å². The molecule has 2 aromatic rings. The molecular weight excluding hydrogens is 477 g/mol. The summed E-state index contributed by atoms with van der Waals surface area (Å²) in [6.07, 6.45) is -3.76. The van der Waals surface area contributed by atoms with Crippen molar-refractivity contribution in [3.05, 3.63) is 46.4 Å². The molecule has 3 rings (SSSR count). The Morgan fingerprint density at radius 2 is 1.90 bits per heavy atom. The summed E-state index contributed by atoms with van der Waals surface area (Å²) in [5, 5.41) is 0. The Balaban J connectivity index is 1.97. The normalized spacial score (nSPS) is 14.9. The monoisotopic (exact) mass is 492 g/mol. The first kappa shape index (κ1) is 21.4. The van der Waals surface area contributed by atoms with Gasteiger partial charge in [0.25, 0.3) is 10.0 Å². The van der Waals surface area contributed by atoms with Gasteiger partial charge in [0.2, 0.25) is 5.91 Å². The molecule has 1 fully saturated rings. The highest BCUT2D eigenvalue weighted by Crippen LogP contribution is 2.38. The van der Waals surface area contributed by atoms with Crippen LogP contribution in [-0.2, 0) is 21.0 Å². The van der Waals surface area contributed by atoms with E-state index in [2.05, 4.69) is 20.7 Å². The van der Waals surface area contributed by atoms with E-state index in [4.69, 9.17) is 4.74 Å². The minimum atomic E-state index is -4.86. The number of hydrogen-bond acceptors (Lipinski definition) is 4. The molecule has 1 saturated heterocycles. The molecule has 0 radical (unpaired) electrons. The predicted octanol–water partition coefficient (Wildman–Crippen LogP) is 4.40. The first-order valence-electron chi connectivity index (χ1n) is 8.41. The Bertz CT molecular complexity index is 1060. The van der Waals surface area contributed by atoms with Gasteiger partial charge in [-0.15, -0.1) is 0 Å². The Morgan fingerprint density at radius 3 is 2.48 bits per heavy atom. The van der Waals surface area contributed by atoms with E-state index >= 15 is 0 Å². The number of alkyl halides is 3. The van der Waals surface area contributed by atoms with Gasteiger partial charge in [0.05, 0.1) is 28.9 Å². The first-order chi connectivity index (χ1) is 13.5. The van der Waals surface area contributed by atoms with Crippen molar-refractivity contribution < 1.29 is 31.1 Å². The lowest BCUT2D eigenvalue weighted by atomic mass is 10.2. The number of rotatable bonds is 5. The van der Waals surface area contributed by atoms with Gasteiger partial charge in [0.1, 0.15) is 5.75 Å². The maximum absolute atomic E-state index is 13.3. The zero-order valence-electron chi connectivity index (χ0n) is 15.1. The molecule has 1 amide bonds. The molecule has 0 unspecified atom stereocenters. The van der Waals surface area contributed by atoms with Gasteiger partial charge in [0, 0.05) is 23.5 Å². The fraction of sp³-hybridized carbons (Fsp3) is 0.278. The third-order valence-electron chi connectivity index (χ3n) is 4.33. The fourth-order valence-corrected chi connectivity index (χ4v) is 4.65. The predicted molar refractivity (Wildman–Crippen MR) is 105 cm³/mol. The van der Waals surface area contributed by atoms with Crippen molar-refractivity contribution in [1.29, 1.82) is 0 Å². The second-order valence-electron chi connectivity index (χ2n) is 6.28. The quantitative estimate of drug-likeness (QED) is 0.670. The zero-order valence-corrected chi connectivity index (χ0v) is 17.5. The molecule has 1 aliphatic heterocycles. The number of nitrogens with zero attached hydrogens (tertiary/aromatic N) is 1. The summed E-state index contributed by atoms with van der Waals surface area (Å²) in [5.74, 6) is 0.147. The SMILES string of the molecule is COc1cc(NS(=O)(=O)c2ccc(Br)cc2C(F)(F)F)ccc1N1CCCC1=O. The number of ether oxygens (including phenoxy) is 1. The van der Waals surface area contributed by atoms with Crippen LogP contribution >= 0.6 is 15.9 Å². The second-order valence-corrected chi connectivity index (χ2v) is 8.85. The minimum Gasteiger partial charge on any atom is -0.494 e. The van der Waals surface area contributed by atoms with Gasteiger partial charge >= 0.3 is 6.18 Å². The van der Waals surface area contributed by atoms with Crippen LogP contribution in [0.5, 0.6) is 5.75 Å². The lowest BCUT2D eigenvalue weighted by Gasteiger charge is -2.20. The number of hydrogen-bond donors (Lipinski definition) is 1. The van der Waals surface area contributed by atoms with Gasteiger partial charge in [-0.2, -0.15) is 13.2 Å². The molecule has 0 aromatic heterocycles. The maximum Gasteiger partial charge on any atom is 0.417 e. The summed E-state index contributed by atoms with van der Waals surface area (Å²) in [7, 11) is -3.18. The van der Waals surface area contributed by atoms with E-state index in [0.29, 0.717) is 31.1 Å². The average Bonchev–Trinajstić information content (AvgIpc) is 3.06. The number of carbonyl (C=O) groups is 1. The fourth-order valence-electron chi connectivity index (χ4n) is 3.04. The van der Waals surface area contributed by atoms with Crippen molar-refractivity contribution in [2.45, 2.75) is 23.9 Å². The van der Waals surface area contributed by atoms with Crippen LogP contribution in [-0.4, -0.2) is 28.0 Å². The third-order valence-corrected chi connectivity index (χ3v) is 6.27. The molecular formula is C18H16BrF3N2O4S. The van der Waals surface area contributed by atoms with Crippen LogP contribution in [0.25, 0.3) is 0 Å². The van der Waals surface area contributed by atoms with Crippen molar-refractivity contribution in [2.24, 2.45) is 0 Å². The van der Waals surface area contributed by atoms with Gasteiger partial charge in [-0.3, -0.25) is 9.52 Å². The largest absolute Gasteiger partial charge is 0.494 e. The van der Waals surface area contributed by atoms with Gasteiger partial charge in [-0.1, -0.05) is 15.9 Å². The number of anilines is 2. The van der Waals surface area contributed by atoms with Gasteiger partial charge in [-0.05, 0) is 36.8 Å². The lowest BCUT2D eigenvalue weighted by molar-refractivity contribution is -0.139. The van der Waals surface area contributed by atoms with Gasteiger partial charge in [-0.25, -0.2) is 8.42 Å². The standard InChI is InChI=1S/C18H16BrF3N2O4S/c1-28-15-10-12(5-6-14(15)24-8-2-3-17(24)25)23-29(26,27)16-7-4-11(19)9-13(16)18(20,21)22/h4-7,9-10,23H,2-3,8H2,1H3. The van der Waals surface area contributed by atoms with Crippen LogP contribution < -0.4 is 14.4 Å². The second kappa shape index (κ2) is 7.86. The van der Waals surface area contributed by atoms with E-state index in [1.54, 1.807) is 0 Å².